The molecule has 9 heteroatoms. The summed E-state index contributed by atoms with van der Waals surface area (Å²) in [6.45, 7) is 5.49. The van der Waals surface area contributed by atoms with Crippen molar-refractivity contribution in [2.75, 3.05) is 52.5 Å². The highest BCUT2D eigenvalue weighted by atomic mass is 32.2. The molecule has 0 unspecified atom stereocenters. The van der Waals surface area contributed by atoms with Gasteiger partial charge in [0, 0.05) is 51.4 Å². The summed E-state index contributed by atoms with van der Waals surface area (Å²) in [4.78, 5) is 15.0. The Bertz CT molecular complexity index is 1080. The van der Waals surface area contributed by atoms with Gasteiger partial charge in [-0.1, -0.05) is 29.8 Å². The number of halogens is 1. The normalized spacial score (nSPS) is 19.6. The minimum Gasteiger partial charge on any atom is -0.381 e. The number of nitrogens with zero attached hydrogens (tertiary/aromatic N) is 2. The Labute approximate surface area is 200 Å². The molecule has 7 nitrogen and oxygen atoms in total. The Morgan fingerprint density at radius 3 is 2.24 bits per heavy atom. The van der Waals surface area contributed by atoms with E-state index in [-0.39, 0.29) is 23.7 Å². The second-order valence-corrected chi connectivity index (χ2v) is 11.1. The third kappa shape index (κ3) is 5.66. The van der Waals surface area contributed by atoms with Gasteiger partial charge in [-0.3, -0.25) is 9.69 Å². The molecule has 0 bridgehead atoms. The molecule has 0 atom stereocenters. The molecule has 0 aromatic heterocycles. The summed E-state index contributed by atoms with van der Waals surface area (Å²) in [6, 6.07) is 13.4. The molecule has 4 rings (SSSR count). The first-order valence-corrected chi connectivity index (χ1v) is 13.1. The average Bonchev–Trinajstić information content (AvgIpc) is 2.84. The van der Waals surface area contributed by atoms with E-state index in [0.717, 1.165) is 24.0 Å². The van der Waals surface area contributed by atoms with E-state index in [1.165, 1.54) is 16.4 Å². The smallest absolute Gasteiger partial charge is 0.243 e. The molecule has 184 valence electrons. The molecule has 2 heterocycles. The Morgan fingerprint density at radius 2 is 1.62 bits per heavy atom. The van der Waals surface area contributed by atoms with Gasteiger partial charge in [-0.05, 0) is 49.6 Å². The molecule has 0 aliphatic carbocycles. The number of aryl methyl sites for hydroxylation is 1. The van der Waals surface area contributed by atoms with Crippen LogP contribution in [0.15, 0.2) is 53.4 Å². The molecule has 0 radical (unpaired) electrons. The van der Waals surface area contributed by atoms with E-state index < -0.39 is 10.0 Å². The van der Waals surface area contributed by atoms with Gasteiger partial charge in [0.05, 0.1) is 11.4 Å². The van der Waals surface area contributed by atoms with Crippen molar-refractivity contribution in [2.45, 2.75) is 30.1 Å². The van der Waals surface area contributed by atoms with Crippen molar-refractivity contribution in [3.05, 3.63) is 65.5 Å². The number of carbonyl (C=O) groups excluding carboxylic acids is 1. The lowest BCUT2D eigenvalue weighted by molar-refractivity contribution is -0.123. The maximum absolute atomic E-state index is 13.4. The molecule has 34 heavy (non-hydrogen) atoms. The van der Waals surface area contributed by atoms with Gasteiger partial charge in [-0.15, -0.1) is 0 Å². The largest absolute Gasteiger partial charge is 0.381 e. The van der Waals surface area contributed by atoms with Crippen molar-refractivity contribution in [3.8, 4) is 0 Å². The lowest BCUT2D eigenvalue weighted by Crippen LogP contribution is -2.52. The number of ether oxygens (including phenoxy) is 1. The number of rotatable bonds is 7. The standard InChI is InChI=1S/C25H32FN3O4S/c1-20-2-8-23(9-3-20)34(31,32)29-14-12-28(13-15-29)18-24(30)27-19-25(10-16-33-17-11-25)21-4-6-22(26)7-5-21/h2-9H,10-19H2,1H3,(H,27,30). The van der Waals surface area contributed by atoms with Crippen LogP contribution in [0.25, 0.3) is 0 Å². The van der Waals surface area contributed by atoms with Crippen molar-refractivity contribution in [1.29, 1.82) is 0 Å². The maximum atomic E-state index is 13.4. The highest BCUT2D eigenvalue weighted by Crippen LogP contribution is 2.34. The van der Waals surface area contributed by atoms with Gasteiger partial charge >= 0.3 is 0 Å². The summed E-state index contributed by atoms with van der Waals surface area (Å²) < 4.78 is 46.2. The van der Waals surface area contributed by atoms with E-state index >= 15 is 0 Å². The summed E-state index contributed by atoms with van der Waals surface area (Å²) in [7, 11) is -3.53. The number of sulfonamides is 1. The molecule has 2 aliphatic heterocycles. The van der Waals surface area contributed by atoms with Crippen LogP contribution in [0.1, 0.15) is 24.0 Å². The van der Waals surface area contributed by atoms with E-state index in [9.17, 15) is 17.6 Å². The Hall–Kier alpha value is -2.33. The third-order valence-electron chi connectivity index (χ3n) is 6.89. The molecular formula is C25H32FN3O4S. The molecule has 0 saturated carbocycles. The minimum absolute atomic E-state index is 0.0946. The van der Waals surface area contributed by atoms with Gasteiger partial charge in [0.25, 0.3) is 0 Å². The van der Waals surface area contributed by atoms with E-state index in [0.29, 0.717) is 50.8 Å². The van der Waals surface area contributed by atoms with E-state index in [2.05, 4.69) is 5.32 Å². The molecule has 2 aromatic carbocycles. The molecule has 2 saturated heterocycles. The number of hydrogen-bond donors (Lipinski definition) is 1. The van der Waals surface area contributed by atoms with E-state index in [1.807, 2.05) is 11.8 Å². The van der Waals surface area contributed by atoms with Crippen LogP contribution in [-0.4, -0.2) is 76.0 Å². The molecule has 1 N–H and O–H groups in total. The van der Waals surface area contributed by atoms with E-state index in [1.54, 1.807) is 36.4 Å². The molecule has 2 aliphatic rings. The van der Waals surface area contributed by atoms with Gasteiger partial charge in [0.15, 0.2) is 0 Å². The minimum atomic E-state index is -3.53. The topological polar surface area (TPSA) is 79.0 Å². The third-order valence-corrected chi connectivity index (χ3v) is 8.80. The first kappa shape index (κ1) is 24.8. The maximum Gasteiger partial charge on any atom is 0.243 e. The number of piperazine rings is 1. The molecule has 2 aromatic rings. The van der Waals surface area contributed by atoms with Crippen molar-refractivity contribution in [2.24, 2.45) is 0 Å². The van der Waals surface area contributed by atoms with E-state index in [4.69, 9.17) is 4.74 Å². The number of carbonyl (C=O) groups is 1. The van der Waals surface area contributed by atoms with Crippen molar-refractivity contribution in [1.82, 2.24) is 14.5 Å². The lowest BCUT2D eigenvalue weighted by Gasteiger charge is -2.38. The first-order valence-electron chi connectivity index (χ1n) is 11.7. The van der Waals surface area contributed by atoms with Gasteiger partial charge < -0.3 is 10.1 Å². The van der Waals surface area contributed by atoms with Gasteiger partial charge in [-0.25, -0.2) is 12.8 Å². The van der Waals surface area contributed by atoms with Crippen molar-refractivity contribution in [3.63, 3.8) is 0 Å². The lowest BCUT2D eigenvalue weighted by atomic mass is 9.74. The summed E-state index contributed by atoms with van der Waals surface area (Å²) in [6.07, 6.45) is 1.52. The number of nitrogens with one attached hydrogen (secondary N) is 1. The Morgan fingerprint density at radius 1 is 1.00 bits per heavy atom. The average molecular weight is 490 g/mol. The fraction of sp³-hybridized carbons (Fsp3) is 0.480. The highest BCUT2D eigenvalue weighted by Gasteiger charge is 2.35. The molecular weight excluding hydrogens is 457 g/mol. The molecule has 2 fully saturated rings. The van der Waals surface area contributed by atoms with Crippen molar-refractivity contribution >= 4 is 15.9 Å². The zero-order valence-corrected chi connectivity index (χ0v) is 20.3. The zero-order chi connectivity index (χ0) is 24.2. The fourth-order valence-electron chi connectivity index (χ4n) is 4.65. The first-order chi connectivity index (χ1) is 16.3. The van der Waals surface area contributed by atoms with Gasteiger partial charge in [-0.2, -0.15) is 4.31 Å². The highest BCUT2D eigenvalue weighted by molar-refractivity contribution is 7.89. The van der Waals surface area contributed by atoms with Crippen LogP contribution in [0.2, 0.25) is 0 Å². The van der Waals surface area contributed by atoms with Crippen LogP contribution < -0.4 is 5.32 Å². The van der Waals surface area contributed by atoms with Crippen LogP contribution in [0.5, 0.6) is 0 Å². The van der Waals surface area contributed by atoms with Crippen LogP contribution in [0.4, 0.5) is 4.39 Å². The van der Waals surface area contributed by atoms with Crippen LogP contribution in [0.3, 0.4) is 0 Å². The summed E-state index contributed by atoms with van der Waals surface area (Å²) in [5.41, 5.74) is 1.74. The summed E-state index contributed by atoms with van der Waals surface area (Å²) in [5.74, 6) is -0.374. The SMILES string of the molecule is Cc1ccc(S(=O)(=O)N2CCN(CC(=O)NCC3(c4ccc(F)cc4)CCOCC3)CC2)cc1. The monoisotopic (exact) mass is 489 g/mol. The van der Waals surface area contributed by atoms with Crippen LogP contribution >= 0.6 is 0 Å². The number of hydrogen-bond acceptors (Lipinski definition) is 5. The molecule has 0 spiro atoms. The van der Waals surface area contributed by atoms with Gasteiger partial charge in [0.1, 0.15) is 5.82 Å². The van der Waals surface area contributed by atoms with Crippen molar-refractivity contribution < 1.29 is 22.3 Å². The summed E-state index contributed by atoms with van der Waals surface area (Å²) in [5, 5.41) is 3.06. The number of benzene rings is 2. The quantitative estimate of drug-likeness (QED) is 0.646. The summed E-state index contributed by atoms with van der Waals surface area (Å²) >= 11 is 0. The van der Waals surface area contributed by atoms with Gasteiger partial charge in [0.2, 0.25) is 15.9 Å². The van der Waals surface area contributed by atoms with Crippen LogP contribution in [-0.2, 0) is 25.0 Å². The second-order valence-electron chi connectivity index (χ2n) is 9.17. The number of amides is 1. The predicted molar refractivity (Wildman–Crippen MR) is 128 cm³/mol. The zero-order valence-electron chi connectivity index (χ0n) is 19.5. The Balaban J connectivity index is 1.30. The van der Waals surface area contributed by atoms with Crippen LogP contribution in [0, 0.1) is 12.7 Å². The second kappa shape index (κ2) is 10.5. The predicted octanol–water partition coefficient (Wildman–Crippen LogP) is 2.31. The Kier molecular flexibility index (Phi) is 7.67. The fourth-order valence-corrected chi connectivity index (χ4v) is 6.07. The molecule has 1 amide bonds.